The zero-order valence-electron chi connectivity index (χ0n) is 17.0. The van der Waals surface area contributed by atoms with Crippen LogP contribution in [-0.4, -0.2) is 39.6 Å². The summed E-state index contributed by atoms with van der Waals surface area (Å²) in [6.07, 6.45) is 0. The van der Waals surface area contributed by atoms with Crippen LogP contribution in [0.3, 0.4) is 0 Å². The molecule has 1 aliphatic rings. The molecule has 3 heterocycles. The molecule has 6 nitrogen and oxygen atoms in total. The third-order valence-electron chi connectivity index (χ3n) is 5.84. The van der Waals surface area contributed by atoms with Crippen molar-refractivity contribution in [2.75, 3.05) is 18.0 Å². The van der Waals surface area contributed by atoms with Crippen LogP contribution in [0.25, 0.3) is 11.0 Å². The molecule has 0 radical (unpaired) electrons. The van der Waals surface area contributed by atoms with Crippen LogP contribution in [0.2, 0.25) is 0 Å². The van der Waals surface area contributed by atoms with Gasteiger partial charge in [-0.2, -0.15) is 5.26 Å². The van der Waals surface area contributed by atoms with Crippen molar-refractivity contribution in [2.24, 2.45) is 7.05 Å². The van der Waals surface area contributed by atoms with E-state index in [0.717, 1.165) is 30.8 Å². The molecule has 2 atom stereocenters. The minimum Gasteiger partial charge on any atom is -0.364 e. The summed E-state index contributed by atoms with van der Waals surface area (Å²) in [6.45, 7) is 7.01. The van der Waals surface area contributed by atoms with Crippen molar-refractivity contribution in [1.29, 1.82) is 5.26 Å². The third kappa shape index (κ3) is 3.62. The summed E-state index contributed by atoms with van der Waals surface area (Å²) in [4.78, 5) is 21.9. The number of hydrogen-bond acceptors (Lipinski definition) is 5. The summed E-state index contributed by atoms with van der Waals surface area (Å²) in [5, 5.41) is 9.29. The van der Waals surface area contributed by atoms with Crippen LogP contribution in [0.5, 0.6) is 0 Å². The van der Waals surface area contributed by atoms with Gasteiger partial charge in [-0.15, -0.1) is 0 Å². The van der Waals surface area contributed by atoms with Crippen molar-refractivity contribution in [3.63, 3.8) is 0 Å². The summed E-state index contributed by atoms with van der Waals surface area (Å²) in [7, 11) is 1.74. The molecule has 0 spiro atoms. The van der Waals surface area contributed by atoms with Gasteiger partial charge in [0.1, 0.15) is 17.3 Å². The number of nitriles is 1. The lowest BCUT2D eigenvalue weighted by atomic mass is 10.0. The summed E-state index contributed by atoms with van der Waals surface area (Å²) >= 11 is 0. The van der Waals surface area contributed by atoms with Gasteiger partial charge in [0.2, 0.25) is 0 Å². The topological polar surface area (TPSA) is 65.2 Å². The number of piperazine rings is 1. The summed E-state index contributed by atoms with van der Waals surface area (Å²) in [5.41, 5.74) is 3.88. The zero-order chi connectivity index (χ0) is 20.5. The van der Waals surface area contributed by atoms with Gasteiger partial charge < -0.3 is 9.47 Å². The molecule has 148 valence electrons. The SMILES string of the molecule is CC1CN(c2cc(=O)n(C)c3ccc(C#N)nc23)[C@@H](C)CN1Cc1ccccc1. The normalized spacial score (nSPS) is 20.0. The Labute approximate surface area is 170 Å². The Kier molecular flexibility index (Phi) is 5.08. The molecule has 4 rings (SSSR count). The van der Waals surface area contributed by atoms with E-state index >= 15 is 0 Å². The Bertz CT molecular complexity index is 1130. The van der Waals surface area contributed by atoms with Crippen molar-refractivity contribution in [3.05, 3.63) is 70.1 Å². The van der Waals surface area contributed by atoms with Crippen molar-refractivity contribution in [3.8, 4) is 6.07 Å². The highest BCUT2D eigenvalue weighted by Crippen LogP contribution is 2.29. The fourth-order valence-corrected chi connectivity index (χ4v) is 4.17. The third-order valence-corrected chi connectivity index (χ3v) is 5.84. The lowest BCUT2D eigenvalue weighted by Crippen LogP contribution is -2.56. The average molecular weight is 387 g/mol. The van der Waals surface area contributed by atoms with Gasteiger partial charge in [-0.25, -0.2) is 4.98 Å². The van der Waals surface area contributed by atoms with Crippen LogP contribution < -0.4 is 10.5 Å². The number of aromatic nitrogens is 2. The maximum Gasteiger partial charge on any atom is 0.252 e. The molecule has 0 aliphatic carbocycles. The molecule has 6 heteroatoms. The van der Waals surface area contributed by atoms with Gasteiger partial charge in [-0.05, 0) is 31.5 Å². The number of nitrogens with zero attached hydrogens (tertiary/aromatic N) is 5. The molecule has 0 amide bonds. The van der Waals surface area contributed by atoms with Crippen LogP contribution in [0.1, 0.15) is 25.1 Å². The largest absolute Gasteiger partial charge is 0.364 e. The van der Waals surface area contributed by atoms with Gasteiger partial charge in [0.25, 0.3) is 5.56 Å². The van der Waals surface area contributed by atoms with E-state index in [1.807, 2.05) is 12.1 Å². The molecule has 1 aromatic carbocycles. The van der Waals surface area contributed by atoms with Gasteiger partial charge in [-0.3, -0.25) is 9.69 Å². The first-order valence-electron chi connectivity index (χ1n) is 9.93. The number of benzene rings is 1. The van der Waals surface area contributed by atoms with Gasteiger partial charge in [0, 0.05) is 44.8 Å². The smallest absolute Gasteiger partial charge is 0.252 e. The van der Waals surface area contributed by atoms with Crippen molar-refractivity contribution in [1.82, 2.24) is 14.5 Å². The molecule has 1 aliphatic heterocycles. The predicted octanol–water partition coefficient (Wildman–Crippen LogP) is 2.90. The monoisotopic (exact) mass is 387 g/mol. The van der Waals surface area contributed by atoms with Crippen molar-refractivity contribution >= 4 is 16.7 Å². The number of pyridine rings is 2. The van der Waals surface area contributed by atoms with E-state index in [9.17, 15) is 10.1 Å². The predicted molar refractivity (Wildman–Crippen MR) is 115 cm³/mol. The molecular formula is C23H25N5O. The number of aryl methyl sites for hydroxylation is 1. The average Bonchev–Trinajstić information content (AvgIpc) is 2.73. The molecule has 0 N–H and O–H groups in total. The number of rotatable bonds is 3. The van der Waals surface area contributed by atoms with Gasteiger partial charge >= 0.3 is 0 Å². The van der Waals surface area contributed by atoms with Crippen LogP contribution >= 0.6 is 0 Å². The molecule has 2 aromatic heterocycles. The second-order valence-electron chi connectivity index (χ2n) is 7.87. The Morgan fingerprint density at radius 2 is 1.86 bits per heavy atom. The fraction of sp³-hybridized carbons (Fsp3) is 0.348. The Morgan fingerprint density at radius 1 is 1.10 bits per heavy atom. The van der Waals surface area contributed by atoms with Gasteiger partial charge in [0.15, 0.2) is 0 Å². The lowest BCUT2D eigenvalue weighted by molar-refractivity contribution is 0.158. The van der Waals surface area contributed by atoms with E-state index < -0.39 is 0 Å². The molecular weight excluding hydrogens is 362 g/mol. The van der Waals surface area contributed by atoms with E-state index in [1.165, 1.54) is 5.56 Å². The summed E-state index contributed by atoms with van der Waals surface area (Å²) in [6, 6.07) is 18.3. The summed E-state index contributed by atoms with van der Waals surface area (Å²) in [5.74, 6) is 0. The molecule has 0 saturated carbocycles. The van der Waals surface area contributed by atoms with E-state index in [2.05, 4.69) is 59.0 Å². The first kappa shape index (κ1) is 19.2. The standard InChI is InChI=1S/C23H25N5O/c1-16-14-28(17(2)13-27(16)15-18-7-5-4-6-8-18)21-11-22(29)26(3)20-10-9-19(12-24)25-23(20)21/h4-11,16-17H,13-15H2,1-3H3/t16?,17-/m0/s1. The molecule has 0 bridgehead atoms. The highest BCUT2D eigenvalue weighted by atomic mass is 16.1. The number of anilines is 1. The molecule has 1 fully saturated rings. The van der Waals surface area contributed by atoms with Crippen LogP contribution in [-0.2, 0) is 13.6 Å². The zero-order valence-corrected chi connectivity index (χ0v) is 17.0. The molecule has 3 aromatic rings. The molecule has 1 saturated heterocycles. The van der Waals surface area contributed by atoms with E-state index in [0.29, 0.717) is 17.3 Å². The van der Waals surface area contributed by atoms with Crippen molar-refractivity contribution in [2.45, 2.75) is 32.5 Å². The Hall–Kier alpha value is -3.17. The molecule has 29 heavy (non-hydrogen) atoms. The quantitative estimate of drug-likeness (QED) is 0.691. The second-order valence-corrected chi connectivity index (χ2v) is 7.87. The lowest BCUT2D eigenvalue weighted by Gasteiger charge is -2.45. The Balaban J connectivity index is 1.69. The minimum absolute atomic E-state index is 0.0643. The summed E-state index contributed by atoms with van der Waals surface area (Å²) < 4.78 is 1.59. The van der Waals surface area contributed by atoms with Crippen LogP contribution in [0, 0.1) is 11.3 Å². The fourth-order valence-electron chi connectivity index (χ4n) is 4.17. The van der Waals surface area contributed by atoms with Crippen molar-refractivity contribution < 1.29 is 0 Å². The highest BCUT2D eigenvalue weighted by molar-refractivity contribution is 5.89. The van der Waals surface area contributed by atoms with Crippen LogP contribution in [0.4, 0.5) is 5.69 Å². The van der Waals surface area contributed by atoms with Gasteiger partial charge in [-0.1, -0.05) is 30.3 Å². The molecule has 1 unspecified atom stereocenters. The Morgan fingerprint density at radius 3 is 2.59 bits per heavy atom. The first-order valence-corrected chi connectivity index (χ1v) is 9.93. The number of hydrogen-bond donors (Lipinski definition) is 0. The van der Waals surface area contributed by atoms with E-state index in [1.54, 1.807) is 23.7 Å². The van der Waals surface area contributed by atoms with E-state index in [-0.39, 0.29) is 11.6 Å². The second kappa shape index (κ2) is 7.69. The highest BCUT2D eigenvalue weighted by Gasteiger charge is 2.30. The van der Waals surface area contributed by atoms with E-state index in [4.69, 9.17) is 0 Å². The number of fused-ring (bicyclic) bond motifs is 1. The van der Waals surface area contributed by atoms with Gasteiger partial charge in [0.05, 0.1) is 11.2 Å². The minimum atomic E-state index is -0.0643. The first-order chi connectivity index (χ1) is 14.0. The maximum absolute atomic E-state index is 12.6. The van der Waals surface area contributed by atoms with Crippen LogP contribution in [0.15, 0.2) is 53.3 Å². The maximum atomic E-state index is 12.6.